The summed E-state index contributed by atoms with van der Waals surface area (Å²) in [5.41, 5.74) is -0.698. The summed E-state index contributed by atoms with van der Waals surface area (Å²) in [5.74, 6) is 0.111. The maximum absolute atomic E-state index is 12.2. The van der Waals surface area contributed by atoms with Crippen LogP contribution in [0.25, 0.3) is 0 Å². The van der Waals surface area contributed by atoms with E-state index in [1.807, 2.05) is 20.8 Å². The number of carbonyl (C=O) groups excluding carboxylic acids is 1. The second-order valence-electron chi connectivity index (χ2n) is 5.00. The van der Waals surface area contributed by atoms with Crippen LogP contribution in [-0.4, -0.2) is 51.1 Å². The van der Waals surface area contributed by atoms with Crippen molar-refractivity contribution < 1.29 is 19.0 Å². The van der Waals surface area contributed by atoms with Crippen molar-refractivity contribution in [2.45, 2.75) is 45.3 Å². The Hall–Kier alpha value is -0.650. The fraction of sp³-hybridized carbons (Fsp3) is 0.929. The largest absolute Gasteiger partial charge is 0.465 e. The molecule has 5 heteroatoms. The molecular weight excluding hydrogens is 246 g/mol. The Kier molecular flexibility index (Phi) is 6.75. The van der Waals surface area contributed by atoms with Gasteiger partial charge in [-0.3, -0.25) is 0 Å². The fourth-order valence-electron chi connectivity index (χ4n) is 2.16. The molecule has 0 spiro atoms. The second kappa shape index (κ2) is 7.82. The lowest BCUT2D eigenvalue weighted by molar-refractivity contribution is -0.157. The van der Waals surface area contributed by atoms with Crippen LogP contribution < -0.4 is 5.32 Å². The fourth-order valence-corrected chi connectivity index (χ4v) is 2.16. The van der Waals surface area contributed by atoms with Crippen molar-refractivity contribution in [3.05, 3.63) is 0 Å². The van der Waals surface area contributed by atoms with E-state index in [1.165, 1.54) is 0 Å². The summed E-state index contributed by atoms with van der Waals surface area (Å²) < 4.78 is 16.3. The van der Waals surface area contributed by atoms with Gasteiger partial charge in [0, 0.05) is 6.61 Å². The number of likely N-dealkylation sites (N-methyl/N-ethyl adjacent to an activating group) is 1. The molecule has 0 heterocycles. The second-order valence-corrected chi connectivity index (χ2v) is 5.00. The topological polar surface area (TPSA) is 56.8 Å². The molecule has 1 N–H and O–H groups in total. The first-order valence-electron chi connectivity index (χ1n) is 7.16. The molecule has 1 aliphatic carbocycles. The Morgan fingerprint density at radius 3 is 2.53 bits per heavy atom. The van der Waals surface area contributed by atoms with Gasteiger partial charge in [-0.1, -0.05) is 0 Å². The van der Waals surface area contributed by atoms with Crippen molar-refractivity contribution in [1.29, 1.82) is 0 Å². The monoisotopic (exact) mass is 273 g/mol. The molecule has 1 rings (SSSR count). The quantitative estimate of drug-likeness (QED) is 0.609. The lowest BCUT2D eigenvalue weighted by Gasteiger charge is -2.32. The molecule has 0 bridgehead atoms. The van der Waals surface area contributed by atoms with E-state index in [1.54, 1.807) is 7.05 Å². The van der Waals surface area contributed by atoms with E-state index < -0.39 is 5.54 Å². The summed E-state index contributed by atoms with van der Waals surface area (Å²) in [4.78, 5) is 12.2. The van der Waals surface area contributed by atoms with Crippen molar-refractivity contribution in [1.82, 2.24) is 5.32 Å². The Morgan fingerprint density at radius 1 is 1.37 bits per heavy atom. The van der Waals surface area contributed by atoms with Crippen molar-refractivity contribution >= 4 is 5.97 Å². The maximum Gasteiger partial charge on any atom is 0.329 e. The molecule has 0 aromatic carbocycles. The highest BCUT2D eigenvalue weighted by molar-refractivity contribution is 5.82. The van der Waals surface area contributed by atoms with E-state index in [0.29, 0.717) is 32.3 Å². The van der Waals surface area contributed by atoms with Crippen LogP contribution in [0.4, 0.5) is 0 Å². The molecule has 1 saturated carbocycles. The van der Waals surface area contributed by atoms with Crippen molar-refractivity contribution in [3.8, 4) is 0 Å². The Labute approximate surface area is 116 Å². The average molecular weight is 273 g/mol. The van der Waals surface area contributed by atoms with E-state index >= 15 is 0 Å². The van der Waals surface area contributed by atoms with Crippen LogP contribution >= 0.6 is 0 Å². The minimum atomic E-state index is -0.698. The predicted molar refractivity (Wildman–Crippen MR) is 73.1 cm³/mol. The summed E-state index contributed by atoms with van der Waals surface area (Å²) in [7, 11) is 1.80. The van der Waals surface area contributed by atoms with Gasteiger partial charge in [-0.05, 0) is 46.6 Å². The third-order valence-electron chi connectivity index (χ3n) is 3.51. The zero-order chi connectivity index (χ0) is 14.3. The molecule has 5 nitrogen and oxygen atoms in total. The molecule has 0 amide bonds. The summed E-state index contributed by atoms with van der Waals surface area (Å²) in [5, 5.41) is 3.13. The number of rotatable bonds is 10. The lowest BCUT2D eigenvalue weighted by Crippen LogP contribution is -2.57. The summed E-state index contributed by atoms with van der Waals surface area (Å²) in [6, 6.07) is 0. The number of carbonyl (C=O) groups is 1. The van der Waals surface area contributed by atoms with Gasteiger partial charge in [0.1, 0.15) is 5.54 Å². The zero-order valence-electron chi connectivity index (χ0n) is 12.5. The molecule has 1 fully saturated rings. The summed E-state index contributed by atoms with van der Waals surface area (Å²) >= 11 is 0. The molecule has 0 saturated heterocycles. The predicted octanol–water partition coefficient (Wildman–Crippen LogP) is 1.36. The van der Waals surface area contributed by atoms with Crippen LogP contribution in [-0.2, 0) is 19.0 Å². The smallest absolute Gasteiger partial charge is 0.329 e. The Balaban J connectivity index is 2.56. The molecule has 1 aliphatic rings. The van der Waals surface area contributed by atoms with Gasteiger partial charge in [0.25, 0.3) is 0 Å². The molecule has 2 unspecified atom stereocenters. The van der Waals surface area contributed by atoms with Gasteiger partial charge in [0.05, 0.1) is 25.9 Å². The molecule has 0 radical (unpaired) electrons. The lowest BCUT2D eigenvalue weighted by atomic mass is 9.94. The molecule has 112 valence electrons. The highest BCUT2D eigenvalue weighted by atomic mass is 16.5. The molecule has 2 atom stereocenters. The molecule has 0 aliphatic heterocycles. The van der Waals surface area contributed by atoms with Crippen LogP contribution in [0.3, 0.4) is 0 Å². The molecule has 0 aromatic heterocycles. The first kappa shape index (κ1) is 16.4. The van der Waals surface area contributed by atoms with Crippen LogP contribution in [0.2, 0.25) is 0 Å². The van der Waals surface area contributed by atoms with Gasteiger partial charge in [-0.25, -0.2) is 4.79 Å². The van der Waals surface area contributed by atoms with Gasteiger partial charge in [-0.15, -0.1) is 0 Å². The SMILES string of the molecule is CCOCC(C)OCC(NC)(C(=O)OCC)C1CC1. The van der Waals surface area contributed by atoms with E-state index in [0.717, 1.165) is 12.8 Å². The van der Waals surface area contributed by atoms with Crippen molar-refractivity contribution in [2.75, 3.05) is 33.5 Å². The van der Waals surface area contributed by atoms with Crippen LogP contribution in [0.1, 0.15) is 33.6 Å². The van der Waals surface area contributed by atoms with E-state index in [4.69, 9.17) is 14.2 Å². The van der Waals surface area contributed by atoms with Crippen molar-refractivity contribution in [2.24, 2.45) is 5.92 Å². The first-order valence-corrected chi connectivity index (χ1v) is 7.16. The number of esters is 1. The van der Waals surface area contributed by atoms with Crippen molar-refractivity contribution in [3.63, 3.8) is 0 Å². The number of nitrogens with one attached hydrogen (secondary N) is 1. The van der Waals surface area contributed by atoms with E-state index in [-0.39, 0.29) is 12.1 Å². The van der Waals surface area contributed by atoms with Crippen LogP contribution in [0.15, 0.2) is 0 Å². The van der Waals surface area contributed by atoms with Crippen LogP contribution in [0.5, 0.6) is 0 Å². The third-order valence-corrected chi connectivity index (χ3v) is 3.51. The molecule has 0 aromatic rings. The van der Waals surface area contributed by atoms with Gasteiger partial charge in [0.2, 0.25) is 0 Å². The number of ether oxygens (including phenoxy) is 3. The Bertz CT molecular complexity index is 281. The van der Waals surface area contributed by atoms with E-state index in [9.17, 15) is 4.79 Å². The highest BCUT2D eigenvalue weighted by Gasteiger charge is 2.51. The Morgan fingerprint density at radius 2 is 2.05 bits per heavy atom. The summed E-state index contributed by atoms with van der Waals surface area (Å²) in [6.45, 7) is 7.67. The first-order chi connectivity index (χ1) is 9.10. The molecular formula is C14H27NO4. The number of hydrogen-bond donors (Lipinski definition) is 1. The van der Waals surface area contributed by atoms with Gasteiger partial charge < -0.3 is 19.5 Å². The standard InChI is InChI=1S/C14H27NO4/c1-5-17-9-11(3)19-10-14(15-4,12-7-8-12)13(16)18-6-2/h11-12,15H,5-10H2,1-4H3. The van der Waals surface area contributed by atoms with Crippen LogP contribution in [0, 0.1) is 5.92 Å². The average Bonchev–Trinajstić information content (AvgIpc) is 3.23. The minimum absolute atomic E-state index is 0.0270. The highest BCUT2D eigenvalue weighted by Crippen LogP contribution is 2.40. The normalized spacial score (nSPS) is 19.8. The minimum Gasteiger partial charge on any atom is -0.465 e. The summed E-state index contributed by atoms with van der Waals surface area (Å²) in [6.07, 6.45) is 2.06. The zero-order valence-corrected chi connectivity index (χ0v) is 12.5. The van der Waals surface area contributed by atoms with Gasteiger partial charge in [0.15, 0.2) is 0 Å². The van der Waals surface area contributed by atoms with E-state index in [2.05, 4.69) is 5.32 Å². The maximum atomic E-state index is 12.2. The van der Waals surface area contributed by atoms with Gasteiger partial charge in [-0.2, -0.15) is 0 Å². The molecule has 19 heavy (non-hydrogen) atoms. The number of hydrogen-bond acceptors (Lipinski definition) is 5. The third kappa shape index (κ3) is 4.44. The van der Waals surface area contributed by atoms with Gasteiger partial charge >= 0.3 is 5.97 Å².